The molecule has 152 valence electrons. The van der Waals surface area contributed by atoms with Gasteiger partial charge in [-0.05, 0) is 31.5 Å². The van der Waals surface area contributed by atoms with Crippen molar-refractivity contribution in [2.24, 2.45) is 0 Å². The molecule has 0 saturated heterocycles. The van der Waals surface area contributed by atoms with Crippen LogP contribution in [0, 0.1) is 13.8 Å². The molecule has 0 spiro atoms. The molecule has 7 heteroatoms. The van der Waals surface area contributed by atoms with Crippen molar-refractivity contribution in [3.05, 3.63) is 89.7 Å². The Morgan fingerprint density at radius 3 is 2.23 bits per heavy atom. The van der Waals surface area contributed by atoms with Gasteiger partial charge in [-0.15, -0.1) is 10.2 Å². The average Bonchev–Trinajstić information content (AvgIpc) is 3.42. The molecule has 30 heavy (non-hydrogen) atoms. The summed E-state index contributed by atoms with van der Waals surface area (Å²) in [6, 6.07) is 20.2. The molecule has 2 heterocycles. The SMILES string of the molecule is Cc1ccc(CNC(=O)CSc2nnc(-c3ccc(C)cc3)n2-n2cccc2)cc1. The first-order valence-electron chi connectivity index (χ1n) is 9.71. The molecule has 0 unspecified atom stereocenters. The zero-order valence-corrected chi connectivity index (χ0v) is 17.8. The number of thioether (sulfide) groups is 1. The number of carbonyl (C=O) groups is 1. The van der Waals surface area contributed by atoms with Crippen molar-refractivity contribution in [2.75, 3.05) is 5.75 Å². The number of nitrogens with zero attached hydrogens (tertiary/aromatic N) is 4. The zero-order chi connectivity index (χ0) is 20.9. The smallest absolute Gasteiger partial charge is 0.230 e. The molecule has 0 aliphatic rings. The summed E-state index contributed by atoms with van der Waals surface area (Å²) in [5.41, 5.74) is 4.44. The summed E-state index contributed by atoms with van der Waals surface area (Å²) in [5, 5.41) is 12.4. The average molecular weight is 418 g/mol. The van der Waals surface area contributed by atoms with E-state index in [2.05, 4.69) is 34.6 Å². The molecule has 1 N–H and O–H groups in total. The first-order valence-corrected chi connectivity index (χ1v) is 10.7. The molecule has 4 rings (SSSR count). The number of aryl methyl sites for hydroxylation is 2. The molecular weight excluding hydrogens is 394 g/mol. The second kappa shape index (κ2) is 9.00. The first kappa shape index (κ1) is 20.0. The molecule has 0 radical (unpaired) electrons. The molecule has 0 aliphatic heterocycles. The third-order valence-electron chi connectivity index (χ3n) is 4.68. The predicted molar refractivity (Wildman–Crippen MR) is 119 cm³/mol. The Kier molecular flexibility index (Phi) is 5.99. The monoisotopic (exact) mass is 417 g/mol. The molecule has 4 aromatic rings. The molecule has 0 aliphatic carbocycles. The Labute approximate surface area is 179 Å². The molecule has 2 aromatic carbocycles. The van der Waals surface area contributed by atoms with E-state index in [1.165, 1.54) is 22.9 Å². The number of amides is 1. The van der Waals surface area contributed by atoms with Gasteiger partial charge in [-0.25, -0.2) is 4.68 Å². The fourth-order valence-corrected chi connectivity index (χ4v) is 3.76. The van der Waals surface area contributed by atoms with Crippen LogP contribution >= 0.6 is 11.8 Å². The topological polar surface area (TPSA) is 64.7 Å². The Bertz CT molecular complexity index is 1120. The Morgan fingerprint density at radius 2 is 1.57 bits per heavy atom. The van der Waals surface area contributed by atoms with E-state index in [4.69, 9.17) is 0 Å². The number of aromatic nitrogens is 4. The minimum absolute atomic E-state index is 0.0421. The van der Waals surface area contributed by atoms with Crippen molar-refractivity contribution in [3.63, 3.8) is 0 Å². The van der Waals surface area contributed by atoms with Crippen LogP contribution in [0.4, 0.5) is 0 Å². The largest absolute Gasteiger partial charge is 0.351 e. The Morgan fingerprint density at radius 1 is 0.933 bits per heavy atom. The van der Waals surface area contributed by atoms with E-state index in [1.54, 1.807) is 0 Å². The van der Waals surface area contributed by atoms with E-state index in [0.29, 0.717) is 11.7 Å². The quantitative estimate of drug-likeness (QED) is 0.460. The van der Waals surface area contributed by atoms with E-state index in [0.717, 1.165) is 17.0 Å². The van der Waals surface area contributed by atoms with Crippen LogP contribution in [0.2, 0.25) is 0 Å². The minimum Gasteiger partial charge on any atom is -0.351 e. The summed E-state index contributed by atoms with van der Waals surface area (Å²) in [7, 11) is 0. The summed E-state index contributed by atoms with van der Waals surface area (Å²) >= 11 is 1.37. The summed E-state index contributed by atoms with van der Waals surface area (Å²) in [4.78, 5) is 12.4. The number of benzene rings is 2. The Hall–Kier alpha value is -3.32. The van der Waals surface area contributed by atoms with Gasteiger partial charge in [0.1, 0.15) is 0 Å². The van der Waals surface area contributed by atoms with Gasteiger partial charge < -0.3 is 5.32 Å². The lowest BCUT2D eigenvalue weighted by molar-refractivity contribution is -0.118. The molecule has 0 saturated carbocycles. The van der Waals surface area contributed by atoms with Crippen LogP contribution in [-0.4, -0.2) is 31.2 Å². The molecule has 0 atom stereocenters. The molecule has 6 nitrogen and oxygen atoms in total. The lowest BCUT2D eigenvalue weighted by Crippen LogP contribution is -2.24. The van der Waals surface area contributed by atoms with Crippen LogP contribution in [0.3, 0.4) is 0 Å². The maximum Gasteiger partial charge on any atom is 0.230 e. The molecule has 1 amide bonds. The molecular formula is C23H23N5OS. The fourth-order valence-electron chi connectivity index (χ4n) is 2.99. The second-order valence-electron chi connectivity index (χ2n) is 7.10. The fraction of sp³-hybridized carbons (Fsp3) is 0.174. The Balaban J connectivity index is 1.48. The minimum atomic E-state index is -0.0421. The van der Waals surface area contributed by atoms with Crippen LogP contribution < -0.4 is 5.32 Å². The van der Waals surface area contributed by atoms with Crippen molar-refractivity contribution in [2.45, 2.75) is 25.5 Å². The summed E-state index contributed by atoms with van der Waals surface area (Å²) < 4.78 is 3.84. The third-order valence-corrected chi connectivity index (χ3v) is 5.60. The standard InChI is InChI=1S/C23H23N5OS/c1-17-5-9-19(10-6-17)15-24-21(29)16-30-23-26-25-22(20-11-7-18(2)8-12-20)28(23)27-13-3-4-14-27/h3-14H,15-16H2,1-2H3,(H,24,29). The van der Waals surface area contributed by atoms with Crippen molar-refractivity contribution >= 4 is 17.7 Å². The van der Waals surface area contributed by atoms with Crippen LogP contribution in [-0.2, 0) is 11.3 Å². The highest BCUT2D eigenvalue weighted by molar-refractivity contribution is 7.99. The highest BCUT2D eigenvalue weighted by Gasteiger charge is 2.17. The molecule has 0 fully saturated rings. The molecule has 0 bridgehead atoms. The normalized spacial score (nSPS) is 10.9. The van der Waals surface area contributed by atoms with Gasteiger partial charge in [-0.1, -0.05) is 71.4 Å². The summed E-state index contributed by atoms with van der Waals surface area (Å²) in [5.74, 6) is 0.951. The van der Waals surface area contributed by atoms with Gasteiger partial charge in [0.05, 0.1) is 5.75 Å². The van der Waals surface area contributed by atoms with Crippen LogP contribution in [0.1, 0.15) is 16.7 Å². The highest BCUT2D eigenvalue weighted by Crippen LogP contribution is 2.24. The van der Waals surface area contributed by atoms with E-state index < -0.39 is 0 Å². The van der Waals surface area contributed by atoms with Gasteiger partial charge in [0, 0.05) is 24.5 Å². The first-order chi connectivity index (χ1) is 14.6. The van der Waals surface area contributed by atoms with Crippen molar-refractivity contribution in [1.82, 2.24) is 24.9 Å². The van der Waals surface area contributed by atoms with Crippen molar-refractivity contribution in [3.8, 4) is 11.4 Å². The van der Waals surface area contributed by atoms with Crippen LogP contribution in [0.5, 0.6) is 0 Å². The molecule has 2 aromatic heterocycles. The van der Waals surface area contributed by atoms with Gasteiger partial charge in [0.2, 0.25) is 11.1 Å². The summed E-state index contributed by atoms with van der Waals surface area (Å²) in [6.45, 7) is 4.61. The van der Waals surface area contributed by atoms with Gasteiger partial charge in [-0.3, -0.25) is 9.47 Å². The number of rotatable bonds is 7. The van der Waals surface area contributed by atoms with Gasteiger partial charge in [0.15, 0.2) is 5.82 Å². The summed E-state index contributed by atoms with van der Waals surface area (Å²) in [6.07, 6.45) is 3.87. The lowest BCUT2D eigenvalue weighted by atomic mass is 10.1. The van der Waals surface area contributed by atoms with E-state index in [-0.39, 0.29) is 11.7 Å². The van der Waals surface area contributed by atoms with Gasteiger partial charge >= 0.3 is 0 Å². The zero-order valence-electron chi connectivity index (χ0n) is 16.9. The van der Waals surface area contributed by atoms with Gasteiger partial charge in [-0.2, -0.15) is 0 Å². The van der Waals surface area contributed by atoms with Crippen molar-refractivity contribution in [1.29, 1.82) is 0 Å². The maximum atomic E-state index is 12.4. The number of hydrogen-bond donors (Lipinski definition) is 1. The van der Waals surface area contributed by atoms with E-state index >= 15 is 0 Å². The van der Waals surface area contributed by atoms with E-state index in [1.807, 2.05) is 77.2 Å². The number of hydrogen-bond acceptors (Lipinski definition) is 4. The maximum absolute atomic E-state index is 12.4. The predicted octanol–water partition coefficient (Wildman–Crippen LogP) is 4.08. The van der Waals surface area contributed by atoms with Crippen molar-refractivity contribution < 1.29 is 4.79 Å². The van der Waals surface area contributed by atoms with Gasteiger partial charge in [0.25, 0.3) is 0 Å². The lowest BCUT2D eigenvalue weighted by Gasteiger charge is -2.11. The number of nitrogens with one attached hydrogen (secondary N) is 1. The number of carbonyl (C=O) groups excluding carboxylic acids is 1. The third kappa shape index (κ3) is 4.63. The highest BCUT2D eigenvalue weighted by atomic mass is 32.2. The van der Waals surface area contributed by atoms with E-state index in [9.17, 15) is 4.79 Å². The van der Waals surface area contributed by atoms with Crippen LogP contribution in [0.15, 0.2) is 78.2 Å². The van der Waals surface area contributed by atoms with Crippen LogP contribution in [0.25, 0.3) is 11.4 Å². The second-order valence-corrected chi connectivity index (χ2v) is 8.04.